The van der Waals surface area contributed by atoms with Crippen LogP contribution in [-0.4, -0.2) is 31.7 Å². The van der Waals surface area contributed by atoms with Gasteiger partial charge in [0.05, 0.1) is 16.1 Å². The normalized spacial score (nSPS) is 17.2. The zero-order chi connectivity index (χ0) is 21.7. The maximum atomic E-state index is 12.6. The van der Waals surface area contributed by atoms with Crippen molar-refractivity contribution in [2.24, 2.45) is 5.92 Å². The van der Waals surface area contributed by atoms with E-state index >= 15 is 0 Å². The fourth-order valence-electron chi connectivity index (χ4n) is 3.38. The van der Waals surface area contributed by atoms with Crippen LogP contribution >= 0.6 is 23.2 Å². The van der Waals surface area contributed by atoms with Crippen molar-refractivity contribution >= 4 is 45.2 Å². The first kappa shape index (κ1) is 22.8. The van der Waals surface area contributed by atoms with Gasteiger partial charge in [0.2, 0.25) is 15.9 Å². The predicted octanol–water partition coefficient (Wildman–Crippen LogP) is 4.88. The van der Waals surface area contributed by atoms with Crippen molar-refractivity contribution in [3.8, 4) is 0 Å². The van der Waals surface area contributed by atoms with Gasteiger partial charge in [-0.1, -0.05) is 59.6 Å². The van der Waals surface area contributed by atoms with Crippen LogP contribution in [0, 0.1) is 5.92 Å². The quantitative estimate of drug-likeness (QED) is 0.659. The highest BCUT2D eigenvalue weighted by Gasteiger charge is 2.30. The van der Waals surface area contributed by atoms with Gasteiger partial charge in [0.1, 0.15) is 0 Å². The Morgan fingerprint density at radius 2 is 1.77 bits per heavy atom. The van der Waals surface area contributed by atoms with E-state index in [1.165, 1.54) is 9.71 Å². The summed E-state index contributed by atoms with van der Waals surface area (Å²) < 4.78 is 26.6. The van der Waals surface area contributed by atoms with Gasteiger partial charge in [0, 0.05) is 24.4 Å². The van der Waals surface area contributed by atoms with Crippen LogP contribution in [0.1, 0.15) is 36.9 Å². The highest BCUT2D eigenvalue weighted by Crippen LogP contribution is 2.26. The monoisotopic (exact) mass is 466 g/mol. The van der Waals surface area contributed by atoms with Gasteiger partial charge in [-0.3, -0.25) is 4.79 Å². The van der Waals surface area contributed by atoms with Gasteiger partial charge in [-0.05, 0) is 49.1 Å². The number of hydrogen-bond acceptors (Lipinski definition) is 3. The third-order valence-corrected chi connectivity index (χ3v) is 7.52. The molecule has 0 radical (unpaired) electrons. The molecule has 2 aromatic rings. The third kappa shape index (κ3) is 5.85. The van der Waals surface area contributed by atoms with Gasteiger partial charge in [0.15, 0.2) is 0 Å². The molecule has 1 unspecified atom stereocenters. The number of hydrogen-bond donors (Lipinski definition) is 1. The molecule has 3 rings (SSSR count). The van der Waals surface area contributed by atoms with Crippen molar-refractivity contribution in [3.63, 3.8) is 0 Å². The number of nitrogens with zero attached hydrogens (tertiary/aromatic N) is 1. The molecular formula is C22H24Cl2N2O3S. The minimum Gasteiger partial charge on any atom is -0.349 e. The van der Waals surface area contributed by atoms with Crippen LogP contribution in [-0.2, 0) is 14.8 Å². The second-order valence-corrected chi connectivity index (χ2v) is 9.97. The zero-order valence-electron chi connectivity index (χ0n) is 16.6. The molecule has 0 spiro atoms. The molecule has 1 N–H and O–H groups in total. The molecule has 1 amide bonds. The average Bonchev–Trinajstić information content (AvgIpc) is 2.75. The average molecular weight is 467 g/mol. The lowest BCUT2D eigenvalue weighted by atomic mass is 9.96. The Kier molecular flexibility index (Phi) is 7.58. The van der Waals surface area contributed by atoms with Crippen molar-refractivity contribution in [1.29, 1.82) is 0 Å². The Morgan fingerprint density at radius 1 is 1.10 bits per heavy atom. The molecule has 5 nitrogen and oxygen atoms in total. The fraction of sp³-hybridized carbons (Fsp3) is 0.318. The zero-order valence-corrected chi connectivity index (χ0v) is 18.9. The minimum absolute atomic E-state index is 0.0783. The third-order valence-electron chi connectivity index (χ3n) is 5.22. The van der Waals surface area contributed by atoms with Crippen LogP contribution < -0.4 is 5.32 Å². The molecule has 1 aliphatic heterocycles. The van der Waals surface area contributed by atoms with E-state index in [9.17, 15) is 13.2 Å². The van der Waals surface area contributed by atoms with Gasteiger partial charge >= 0.3 is 0 Å². The summed E-state index contributed by atoms with van der Waals surface area (Å²) in [7, 11) is -3.51. The Balaban J connectivity index is 1.54. The Bertz CT molecular complexity index is 1020. The SMILES string of the molecule is CC(NC(=O)C1CCN(S(=O)(=O)C=Cc2ccccc2)CC1)c1ccc(Cl)c(Cl)c1. The van der Waals surface area contributed by atoms with Crippen molar-refractivity contribution in [2.75, 3.05) is 13.1 Å². The van der Waals surface area contributed by atoms with Gasteiger partial charge in [-0.15, -0.1) is 0 Å². The lowest BCUT2D eigenvalue weighted by molar-refractivity contribution is -0.126. The highest BCUT2D eigenvalue weighted by molar-refractivity contribution is 7.92. The topological polar surface area (TPSA) is 66.5 Å². The second kappa shape index (κ2) is 9.96. The van der Waals surface area contributed by atoms with Crippen LogP contribution in [0.3, 0.4) is 0 Å². The molecule has 8 heteroatoms. The van der Waals surface area contributed by atoms with E-state index in [-0.39, 0.29) is 17.9 Å². The highest BCUT2D eigenvalue weighted by atomic mass is 35.5. The molecule has 0 bridgehead atoms. The van der Waals surface area contributed by atoms with E-state index in [1.54, 1.807) is 18.2 Å². The first-order valence-electron chi connectivity index (χ1n) is 9.75. The molecule has 0 aliphatic carbocycles. The van der Waals surface area contributed by atoms with Crippen LogP contribution in [0.15, 0.2) is 53.9 Å². The van der Waals surface area contributed by atoms with Gasteiger partial charge in [-0.2, -0.15) is 4.31 Å². The fourth-order valence-corrected chi connectivity index (χ4v) is 4.91. The molecule has 30 heavy (non-hydrogen) atoms. The summed E-state index contributed by atoms with van der Waals surface area (Å²) in [5.41, 5.74) is 1.69. The van der Waals surface area contributed by atoms with Crippen molar-refractivity contribution in [2.45, 2.75) is 25.8 Å². The van der Waals surface area contributed by atoms with Crippen molar-refractivity contribution in [1.82, 2.24) is 9.62 Å². The predicted molar refractivity (Wildman–Crippen MR) is 122 cm³/mol. The summed E-state index contributed by atoms with van der Waals surface area (Å²) in [5, 5.41) is 5.13. The number of piperidine rings is 1. The summed E-state index contributed by atoms with van der Waals surface area (Å²) in [4.78, 5) is 12.6. The molecule has 1 atom stereocenters. The molecule has 1 saturated heterocycles. The summed E-state index contributed by atoms with van der Waals surface area (Å²) >= 11 is 12.0. The van der Waals surface area contributed by atoms with Gasteiger partial charge < -0.3 is 5.32 Å². The largest absolute Gasteiger partial charge is 0.349 e. The molecular weight excluding hydrogens is 443 g/mol. The molecule has 1 fully saturated rings. The molecule has 0 aromatic heterocycles. The number of rotatable bonds is 6. The minimum atomic E-state index is -3.51. The first-order chi connectivity index (χ1) is 14.3. The summed E-state index contributed by atoms with van der Waals surface area (Å²) in [6.45, 7) is 2.52. The Labute approximate surface area is 187 Å². The number of amides is 1. The lowest BCUT2D eigenvalue weighted by Crippen LogP contribution is -2.42. The van der Waals surface area contributed by atoms with E-state index in [0.717, 1.165) is 11.1 Å². The standard InChI is InChI=1S/C22H24Cl2N2O3S/c1-16(19-7-8-20(23)21(24)15-19)25-22(27)18-9-12-26(13-10-18)30(28,29)14-11-17-5-3-2-4-6-17/h2-8,11,14-16,18H,9-10,12-13H2,1H3,(H,25,27). The number of carbonyl (C=O) groups is 1. The summed E-state index contributed by atoms with van der Waals surface area (Å²) in [6, 6.07) is 14.3. The molecule has 2 aromatic carbocycles. The van der Waals surface area contributed by atoms with E-state index < -0.39 is 10.0 Å². The molecule has 160 valence electrons. The number of sulfonamides is 1. The van der Waals surface area contributed by atoms with Gasteiger partial charge in [0.25, 0.3) is 0 Å². The van der Waals surface area contributed by atoms with Gasteiger partial charge in [-0.25, -0.2) is 8.42 Å². The van der Waals surface area contributed by atoms with Crippen LogP contribution in [0.5, 0.6) is 0 Å². The van der Waals surface area contributed by atoms with E-state index in [0.29, 0.717) is 36.0 Å². The summed E-state index contributed by atoms with van der Waals surface area (Å²) in [6.07, 6.45) is 2.56. The smallest absolute Gasteiger partial charge is 0.236 e. The second-order valence-electron chi connectivity index (χ2n) is 7.34. The lowest BCUT2D eigenvalue weighted by Gasteiger charge is -2.30. The van der Waals surface area contributed by atoms with Crippen LogP contribution in [0.25, 0.3) is 6.08 Å². The number of benzene rings is 2. The van der Waals surface area contributed by atoms with Crippen molar-refractivity contribution < 1.29 is 13.2 Å². The number of carbonyl (C=O) groups excluding carboxylic acids is 1. The number of nitrogens with one attached hydrogen (secondary N) is 1. The van der Waals surface area contributed by atoms with Crippen LogP contribution in [0.4, 0.5) is 0 Å². The van der Waals surface area contributed by atoms with E-state index in [1.807, 2.05) is 43.3 Å². The first-order valence-corrected chi connectivity index (χ1v) is 12.0. The maximum Gasteiger partial charge on any atom is 0.236 e. The van der Waals surface area contributed by atoms with Crippen LogP contribution in [0.2, 0.25) is 10.0 Å². The van der Waals surface area contributed by atoms with Crippen molar-refractivity contribution in [3.05, 3.63) is 75.1 Å². The molecule has 1 aliphatic rings. The summed E-state index contributed by atoms with van der Waals surface area (Å²) in [5.74, 6) is -0.301. The Hall–Kier alpha value is -1.86. The Morgan fingerprint density at radius 3 is 2.40 bits per heavy atom. The number of halogens is 2. The molecule has 1 heterocycles. The van der Waals surface area contributed by atoms with E-state index in [2.05, 4.69) is 5.32 Å². The molecule has 0 saturated carbocycles. The maximum absolute atomic E-state index is 12.6. The van der Waals surface area contributed by atoms with E-state index in [4.69, 9.17) is 23.2 Å².